The summed E-state index contributed by atoms with van der Waals surface area (Å²) >= 11 is 0. The van der Waals surface area contributed by atoms with Crippen molar-refractivity contribution >= 4 is 27.5 Å². The Kier molecular flexibility index (Phi) is 9.79. The van der Waals surface area contributed by atoms with E-state index in [2.05, 4.69) is 5.32 Å². The van der Waals surface area contributed by atoms with Crippen LogP contribution in [0.2, 0.25) is 0 Å². The number of nitrogens with zero attached hydrogens (tertiary/aromatic N) is 2. The molecule has 0 saturated carbocycles. The monoisotopic (exact) mass is 563 g/mol. The van der Waals surface area contributed by atoms with Crippen molar-refractivity contribution in [2.75, 3.05) is 10.8 Å². The average molecular weight is 564 g/mol. The minimum absolute atomic E-state index is 0.0921. The Balaban J connectivity index is 2.08. The second kappa shape index (κ2) is 12.7. The Morgan fingerprint density at radius 2 is 1.40 bits per heavy atom. The third-order valence-electron chi connectivity index (χ3n) is 6.70. The lowest BCUT2D eigenvalue weighted by Gasteiger charge is -2.35. The fourth-order valence-electron chi connectivity index (χ4n) is 4.42. The Morgan fingerprint density at radius 3 is 1.93 bits per heavy atom. The van der Waals surface area contributed by atoms with Gasteiger partial charge in [0.05, 0.1) is 10.6 Å². The van der Waals surface area contributed by atoms with E-state index in [4.69, 9.17) is 0 Å². The number of aryl methyl sites for hydroxylation is 3. The molecule has 0 radical (unpaired) electrons. The van der Waals surface area contributed by atoms with Crippen molar-refractivity contribution in [2.24, 2.45) is 0 Å². The first-order chi connectivity index (χ1) is 18.7. The van der Waals surface area contributed by atoms with Gasteiger partial charge in [-0.1, -0.05) is 66.6 Å². The number of sulfonamides is 1. The molecule has 0 bridgehead atoms. The van der Waals surface area contributed by atoms with Crippen LogP contribution in [0.15, 0.2) is 77.7 Å². The van der Waals surface area contributed by atoms with Crippen LogP contribution in [0.3, 0.4) is 0 Å². The maximum Gasteiger partial charge on any atom is 0.264 e. The van der Waals surface area contributed by atoms with Crippen molar-refractivity contribution in [1.82, 2.24) is 10.2 Å². The molecule has 0 aliphatic heterocycles. The molecule has 7 nitrogen and oxygen atoms in total. The molecule has 1 N–H and O–H groups in total. The molecule has 40 heavy (non-hydrogen) atoms. The van der Waals surface area contributed by atoms with E-state index in [1.54, 1.807) is 36.4 Å². The van der Waals surface area contributed by atoms with E-state index in [9.17, 15) is 18.0 Å². The van der Waals surface area contributed by atoms with Gasteiger partial charge in [-0.05, 0) is 83.4 Å². The lowest BCUT2D eigenvalue weighted by molar-refractivity contribution is -0.141. The highest BCUT2D eigenvalue weighted by molar-refractivity contribution is 7.92. The van der Waals surface area contributed by atoms with Crippen LogP contribution in [0, 0.1) is 20.8 Å². The van der Waals surface area contributed by atoms with Gasteiger partial charge in [0.2, 0.25) is 11.8 Å². The second-order valence-electron chi connectivity index (χ2n) is 11.3. The molecule has 0 fully saturated rings. The third kappa shape index (κ3) is 7.72. The number of anilines is 1. The van der Waals surface area contributed by atoms with E-state index in [1.807, 2.05) is 84.9 Å². The highest BCUT2D eigenvalue weighted by Crippen LogP contribution is 2.26. The summed E-state index contributed by atoms with van der Waals surface area (Å²) in [7, 11) is -4.09. The van der Waals surface area contributed by atoms with E-state index >= 15 is 0 Å². The molecule has 8 heteroatoms. The predicted molar refractivity (Wildman–Crippen MR) is 161 cm³/mol. The highest BCUT2D eigenvalue weighted by Gasteiger charge is 2.34. The number of nitrogens with one attached hydrogen (secondary N) is 1. The molecule has 1 atom stereocenters. The van der Waals surface area contributed by atoms with Gasteiger partial charge in [0.15, 0.2) is 0 Å². The van der Waals surface area contributed by atoms with Crippen LogP contribution in [0.4, 0.5) is 5.69 Å². The van der Waals surface area contributed by atoms with Crippen LogP contribution in [-0.2, 0) is 26.2 Å². The summed E-state index contributed by atoms with van der Waals surface area (Å²) in [6.07, 6.45) is 0.370. The first-order valence-corrected chi connectivity index (χ1v) is 15.0. The summed E-state index contributed by atoms with van der Waals surface area (Å²) in [5.74, 6) is -0.740. The Bertz CT molecular complexity index is 1430. The number of rotatable bonds is 10. The van der Waals surface area contributed by atoms with Gasteiger partial charge >= 0.3 is 0 Å². The van der Waals surface area contributed by atoms with Crippen LogP contribution in [0.5, 0.6) is 0 Å². The first kappa shape index (κ1) is 30.9. The number of benzene rings is 3. The van der Waals surface area contributed by atoms with Crippen molar-refractivity contribution in [3.8, 4) is 0 Å². The van der Waals surface area contributed by atoms with Gasteiger partial charge in [0.1, 0.15) is 12.6 Å². The summed E-state index contributed by atoms with van der Waals surface area (Å²) in [6.45, 7) is 13.0. The molecule has 3 rings (SSSR count). The minimum Gasteiger partial charge on any atom is -0.350 e. The lowest BCUT2D eigenvalue weighted by Crippen LogP contribution is -2.55. The van der Waals surface area contributed by atoms with Gasteiger partial charge in [-0.3, -0.25) is 13.9 Å². The zero-order valence-corrected chi connectivity index (χ0v) is 25.4. The molecule has 0 unspecified atom stereocenters. The molecule has 0 aliphatic rings. The molecule has 3 aromatic rings. The van der Waals surface area contributed by atoms with Crippen molar-refractivity contribution in [3.05, 3.63) is 95.1 Å². The van der Waals surface area contributed by atoms with Crippen LogP contribution in [-0.4, -0.2) is 43.3 Å². The molecule has 0 saturated heterocycles. The predicted octanol–water partition coefficient (Wildman–Crippen LogP) is 5.53. The quantitative estimate of drug-likeness (QED) is 0.352. The van der Waals surface area contributed by atoms with Crippen molar-refractivity contribution in [1.29, 1.82) is 0 Å². The third-order valence-corrected chi connectivity index (χ3v) is 8.48. The van der Waals surface area contributed by atoms with Crippen molar-refractivity contribution in [3.63, 3.8) is 0 Å². The molecular formula is C32H41N3O4S. The molecule has 2 amide bonds. The van der Waals surface area contributed by atoms with Crippen LogP contribution in [0.1, 0.15) is 56.4 Å². The fourth-order valence-corrected chi connectivity index (χ4v) is 5.83. The topological polar surface area (TPSA) is 86.8 Å². The zero-order chi connectivity index (χ0) is 29.7. The van der Waals surface area contributed by atoms with Gasteiger partial charge in [-0.15, -0.1) is 0 Å². The molecule has 0 aromatic heterocycles. The van der Waals surface area contributed by atoms with Gasteiger partial charge in [0.25, 0.3) is 10.0 Å². The van der Waals surface area contributed by atoms with E-state index in [-0.39, 0.29) is 17.3 Å². The molecule has 0 spiro atoms. The first-order valence-electron chi connectivity index (χ1n) is 13.5. The van der Waals surface area contributed by atoms with E-state index in [0.29, 0.717) is 12.1 Å². The number of carbonyl (C=O) groups is 2. The molecular weight excluding hydrogens is 522 g/mol. The number of carbonyl (C=O) groups excluding carboxylic acids is 2. The second-order valence-corrected chi connectivity index (χ2v) is 13.1. The van der Waals surface area contributed by atoms with Gasteiger partial charge in [0, 0.05) is 12.1 Å². The number of amides is 2. The summed E-state index contributed by atoms with van der Waals surface area (Å²) < 4.78 is 29.0. The van der Waals surface area contributed by atoms with Gasteiger partial charge < -0.3 is 10.2 Å². The minimum atomic E-state index is -4.09. The van der Waals surface area contributed by atoms with Gasteiger partial charge in [-0.2, -0.15) is 0 Å². The standard InChI is InChI=1S/C32H41N3O4S/c1-8-29(31(37)33-32(5,6)7)34(21-26-12-10-9-11-25(26)4)30(36)22-35(27-17-13-23(2)14-18-27)40(38,39)28-19-15-24(3)16-20-28/h9-20,29H,8,21-22H2,1-7H3,(H,33,37)/t29-/m1/s1. The summed E-state index contributed by atoms with van der Waals surface area (Å²) in [4.78, 5) is 29.2. The highest BCUT2D eigenvalue weighted by atomic mass is 32.2. The zero-order valence-electron chi connectivity index (χ0n) is 24.6. The molecule has 0 heterocycles. The SMILES string of the molecule is CC[C@H](C(=O)NC(C)(C)C)N(Cc1ccccc1C)C(=O)CN(c1ccc(C)cc1)S(=O)(=O)c1ccc(C)cc1. The van der Waals surface area contributed by atoms with Crippen LogP contribution >= 0.6 is 0 Å². The summed E-state index contributed by atoms with van der Waals surface area (Å²) in [6, 6.07) is 20.5. The number of hydrogen-bond donors (Lipinski definition) is 1. The Hall–Kier alpha value is -3.65. The number of hydrogen-bond acceptors (Lipinski definition) is 4. The maximum atomic E-state index is 14.2. The van der Waals surface area contributed by atoms with Crippen LogP contribution < -0.4 is 9.62 Å². The fraction of sp³-hybridized carbons (Fsp3) is 0.375. The lowest BCUT2D eigenvalue weighted by atomic mass is 10.0. The normalized spacial score (nSPS) is 12.5. The molecule has 3 aromatic carbocycles. The Labute approximate surface area is 239 Å². The van der Waals surface area contributed by atoms with Crippen LogP contribution in [0.25, 0.3) is 0 Å². The smallest absolute Gasteiger partial charge is 0.264 e. The maximum absolute atomic E-state index is 14.2. The van der Waals surface area contributed by atoms with E-state index in [1.165, 1.54) is 4.90 Å². The average Bonchev–Trinajstić information content (AvgIpc) is 2.88. The van der Waals surface area contributed by atoms with E-state index < -0.39 is 34.1 Å². The summed E-state index contributed by atoms with van der Waals surface area (Å²) in [5.41, 5.74) is 3.65. The molecule has 0 aliphatic carbocycles. The Morgan fingerprint density at radius 1 is 0.850 bits per heavy atom. The van der Waals surface area contributed by atoms with Crippen molar-refractivity contribution < 1.29 is 18.0 Å². The van der Waals surface area contributed by atoms with Gasteiger partial charge in [-0.25, -0.2) is 8.42 Å². The van der Waals surface area contributed by atoms with E-state index in [0.717, 1.165) is 26.6 Å². The summed E-state index contributed by atoms with van der Waals surface area (Å²) in [5, 5.41) is 2.99. The van der Waals surface area contributed by atoms with Crippen molar-refractivity contribution in [2.45, 2.75) is 77.9 Å². The largest absolute Gasteiger partial charge is 0.350 e. The molecule has 214 valence electrons.